The molecule has 2 rings (SSSR count). The minimum atomic E-state index is -0.163. The first-order chi connectivity index (χ1) is 8.97. The molecule has 1 N–H and O–H groups in total. The van der Waals surface area contributed by atoms with E-state index in [0.29, 0.717) is 11.6 Å². The van der Waals surface area contributed by atoms with Gasteiger partial charge in [-0.25, -0.2) is 4.39 Å². The van der Waals surface area contributed by atoms with E-state index in [1.165, 1.54) is 0 Å². The fourth-order valence-electron chi connectivity index (χ4n) is 1.91. The van der Waals surface area contributed by atoms with Gasteiger partial charge in [-0.3, -0.25) is 4.68 Å². The molecule has 0 aliphatic rings. The number of aromatic nitrogens is 2. The Balaban J connectivity index is 2.11. The third kappa shape index (κ3) is 3.13. The number of hydrogen-bond donors (Lipinski definition) is 1. The Labute approximate surface area is 113 Å². The van der Waals surface area contributed by atoms with Gasteiger partial charge in [-0.15, -0.1) is 0 Å². The van der Waals surface area contributed by atoms with Crippen LogP contribution in [0.25, 0.3) is 0 Å². The lowest BCUT2D eigenvalue weighted by Gasteiger charge is -2.14. The van der Waals surface area contributed by atoms with Gasteiger partial charge >= 0.3 is 0 Å². The number of anilines is 1. The molecule has 0 saturated heterocycles. The summed E-state index contributed by atoms with van der Waals surface area (Å²) in [5.74, 6) is -0.163. The van der Waals surface area contributed by atoms with E-state index in [0.717, 1.165) is 11.3 Å². The molecule has 2 aromatic rings. The molecule has 0 spiro atoms. The molecule has 1 aromatic carbocycles. The van der Waals surface area contributed by atoms with Gasteiger partial charge in [-0.1, -0.05) is 12.1 Å². The molecule has 0 saturated carbocycles. The summed E-state index contributed by atoms with van der Waals surface area (Å²) in [4.78, 5) is 0. The van der Waals surface area contributed by atoms with E-state index in [1.807, 2.05) is 23.9 Å². The van der Waals surface area contributed by atoms with Crippen molar-refractivity contribution in [3.05, 3.63) is 47.5 Å². The number of hydrogen-bond acceptors (Lipinski definition) is 2. The van der Waals surface area contributed by atoms with Crippen LogP contribution in [0.2, 0.25) is 0 Å². The van der Waals surface area contributed by atoms with Crippen LogP contribution in [0.1, 0.15) is 44.0 Å². The van der Waals surface area contributed by atoms with Gasteiger partial charge < -0.3 is 5.32 Å². The minimum Gasteiger partial charge on any atom is -0.376 e. The lowest BCUT2D eigenvalue weighted by Crippen LogP contribution is -2.07. The first-order valence-electron chi connectivity index (χ1n) is 6.54. The number of rotatable bonds is 4. The van der Waals surface area contributed by atoms with E-state index < -0.39 is 0 Å². The van der Waals surface area contributed by atoms with Crippen LogP contribution in [-0.2, 0) is 0 Å². The van der Waals surface area contributed by atoms with E-state index in [2.05, 4.69) is 24.3 Å². The molecule has 0 fully saturated rings. The van der Waals surface area contributed by atoms with Gasteiger partial charge in [0.15, 0.2) is 0 Å². The van der Waals surface area contributed by atoms with E-state index in [-0.39, 0.29) is 11.9 Å². The van der Waals surface area contributed by atoms with Gasteiger partial charge in [-0.05, 0) is 44.9 Å². The molecular weight excluding hydrogens is 241 g/mol. The molecule has 102 valence electrons. The van der Waals surface area contributed by atoms with Crippen molar-refractivity contribution in [2.75, 3.05) is 5.32 Å². The number of aryl methyl sites for hydroxylation is 1. The fraction of sp³-hybridized carbons (Fsp3) is 0.400. The molecule has 4 heteroatoms. The molecule has 1 unspecified atom stereocenters. The van der Waals surface area contributed by atoms with Crippen molar-refractivity contribution in [2.24, 2.45) is 0 Å². The second-order valence-electron chi connectivity index (χ2n) is 5.18. The maximum atomic E-state index is 13.5. The minimum absolute atomic E-state index is 0.0416. The van der Waals surface area contributed by atoms with Crippen LogP contribution in [0.5, 0.6) is 0 Å². The summed E-state index contributed by atoms with van der Waals surface area (Å²) >= 11 is 0. The van der Waals surface area contributed by atoms with E-state index in [9.17, 15) is 4.39 Å². The van der Waals surface area contributed by atoms with Gasteiger partial charge in [0.2, 0.25) is 0 Å². The standard InChI is InChI=1S/C15H20FN3/c1-10(2)19-9-14(8-17-19)18-12(4)13-6-5-11(3)15(16)7-13/h5-10,12,18H,1-4H3. The van der Waals surface area contributed by atoms with Crippen LogP contribution in [-0.4, -0.2) is 9.78 Å². The highest BCUT2D eigenvalue weighted by Gasteiger charge is 2.09. The number of benzene rings is 1. The van der Waals surface area contributed by atoms with Gasteiger partial charge in [0.1, 0.15) is 5.82 Å². The average molecular weight is 261 g/mol. The average Bonchev–Trinajstić information content (AvgIpc) is 2.81. The summed E-state index contributed by atoms with van der Waals surface area (Å²) in [6.07, 6.45) is 3.76. The molecule has 1 atom stereocenters. The van der Waals surface area contributed by atoms with E-state index in [1.54, 1.807) is 25.3 Å². The zero-order chi connectivity index (χ0) is 14.0. The molecule has 0 radical (unpaired) electrons. The van der Waals surface area contributed by atoms with Crippen molar-refractivity contribution in [3.63, 3.8) is 0 Å². The predicted octanol–water partition coefficient (Wildman–Crippen LogP) is 4.08. The van der Waals surface area contributed by atoms with Crippen molar-refractivity contribution in [3.8, 4) is 0 Å². The highest BCUT2D eigenvalue weighted by Crippen LogP contribution is 2.21. The molecule has 1 aromatic heterocycles. The largest absolute Gasteiger partial charge is 0.376 e. The van der Waals surface area contributed by atoms with Crippen molar-refractivity contribution in [2.45, 2.75) is 39.8 Å². The van der Waals surface area contributed by atoms with Crippen LogP contribution in [0, 0.1) is 12.7 Å². The number of nitrogens with zero attached hydrogens (tertiary/aromatic N) is 2. The number of halogens is 1. The van der Waals surface area contributed by atoms with E-state index in [4.69, 9.17) is 0 Å². The normalized spacial score (nSPS) is 12.7. The smallest absolute Gasteiger partial charge is 0.126 e. The summed E-state index contributed by atoms with van der Waals surface area (Å²) in [7, 11) is 0. The maximum Gasteiger partial charge on any atom is 0.126 e. The van der Waals surface area contributed by atoms with Crippen LogP contribution in [0.3, 0.4) is 0 Å². The second kappa shape index (κ2) is 5.43. The summed E-state index contributed by atoms with van der Waals surface area (Å²) < 4.78 is 15.4. The Bertz CT molecular complexity index is 560. The summed E-state index contributed by atoms with van der Waals surface area (Å²) in [5.41, 5.74) is 2.55. The Morgan fingerprint density at radius 2 is 2.00 bits per heavy atom. The third-order valence-corrected chi connectivity index (χ3v) is 3.21. The summed E-state index contributed by atoms with van der Waals surface area (Å²) in [6.45, 7) is 7.94. The SMILES string of the molecule is Cc1ccc(C(C)Nc2cnn(C(C)C)c2)cc1F. The van der Waals surface area contributed by atoms with Crippen molar-refractivity contribution in [1.82, 2.24) is 9.78 Å². The summed E-state index contributed by atoms with van der Waals surface area (Å²) in [6, 6.07) is 5.71. The van der Waals surface area contributed by atoms with Crippen molar-refractivity contribution >= 4 is 5.69 Å². The van der Waals surface area contributed by atoms with Crippen LogP contribution in [0.4, 0.5) is 10.1 Å². The first kappa shape index (κ1) is 13.6. The number of nitrogens with one attached hydrogen (secondary N) is 1. The van der Waals surface area contributed by atoms with Gasteiger partial charge in [-0.2, -0.15) is 5.10 Å². The van der Waals surface area contributed by atoms with Crippen molar-refractivity contribution in [1.29, 1.82) is 0 Å². The molecule has 0 aliphatic carbocycles. The van der Waals surface area contributed by atoms with Crippen LogP contribution in [0.15, 0.2) is 30.6 Å². The molecule has 0 aliphatic heterocycles. The highest BCUT2D eigenvalue weighted by atomic mass is 19.1. The lowest BCUT2D eigenvalue weighted by molar-refractivity contribution is 0.532. The fourth-order valence-corrected chi connectivity index (χ4v) is 1.91. The Hall–Kier alpha value is -1.84. The predicted molar refractivity (Wildman–Crippen MR) is 75.8 cm³/mol. The third-order valence-electron chi connectivity index (χ3n) is 3.21. The highest BCUT2D eigenvalue weighted by molar-refractivity contribution is 5.42. The molecule has 0 bridgehead atoms. The Morgan fingerprint density at radius 3 is 2.58 bits per heavy atom. The van der Waals surface area contributed by atoms with E-state index >= 15 is 0 Å². The Morgan fingerprint density at radius 1 is 1.26 bits per heavy atom. The van der Waals surface area contributed by atoms with Gasteiger partial charge in [0, 0.05) is 18.3 Å². The first-order valence-corrected chi connectivity index (χ1v) is 6.54. The quantitative estimate of drug-likeness (QED) is 0.898. The zero-order valence-corrected chi connectivity index (χ0v) is 11.8. The van der Waals surface area contributed by atoms with Crippen LogP contribution < -0.4 is 5.32 Å². The van der Waals surface area contributed by atoms with Gasteiger partial charge in [0.25, 0.3) is 0 Å². The summed E-state index contributed by atoms with van der Waals surface area (Å²) in [5, 5.41) is 7.60. The lowest BCUT2D eigenvalue weighted by atomic mass is 10.1. The molecular formula is C15H20FN3. The van der Waals surface area contributed by atoms with Gasteiger partial charge in [0.05, 0.1) is 11.9 Å². The topological polar surface area (TPSA) is 29.9 Å². The molecule has 19 heavy (non-hydrogen) atoms. The zero-order valence-electron chi connectivity index (χ0n) is 11.8. The second-order valence-corrected chi connectivity index (χ2v) is 5.18. The maximum absolute atomic E-state index is 13.5. The Kier molecular flexibility index (Phi) is 3.88. The molecule has 1 heterocycles. The molecule has 0 amide bonds. The van der Waals surface area contributed by atoms with Crippen molar-refractivity contribution < 1.29 is 4.39 Å². The van der Waals surface area contributed by atoms with Crippen LogP contribution >= 0.6 is 0 Å². The molecule has 3 nitrogen and oxygen atoms in total. The monoisotopic (exact) mass is 261 g/mol.